The number of carbonyl (C=O) groups excluding carboxylic acids is 1. The van der Waals surface area contributed by atoms with Crippen molar-refractivity contribution in [2.75, 3.05) is 12.4 Å². The Hall–Kier alpha value is -2.23. The molecule has 0 spiro atoms. The van der Waals surface area contributed by atoms with E-state index in [1.54, 1.807) is 13.1 Å². The number of hydrogen-bond acceptors (Lipinski definition) is 3. The molecule has 0 unspecified atom stereocenters. The third kappa shape index (κ3) is 2.09. The number of rotatable bonds is 3. The summed E-state index contributed by atoms with van der Waals surface area (Å²) >= 11 is 0. The average molecular weight is 244 g/mol. The van der Waals surface area contributed by atoms with Crippen LogP contribution in [0.15, 0.2) is 36.5 Å². The van der Waals surface area contributed by atoms with Crippen molar-refractivity contribution in [3.05, 3.63) is 47.8 Å². The third-order valence-corrected chi connectivity index (χ3v) is 2.75. The largest absolute Gasteiger partial charge is 0.461 e. The van der Waals surface area contributed by atoms with E-state index in [9.17, 15) is 4.79 Å². The highest BCUT2D eigenvalue weighted by molar-refractivity contribution is 5.97. The van der Waals surface area contributed by atoms with Gasteiger partial charge in [0.2, 0.25) is 0 Å². The zero-order chi connectivity index (χ0) is 13.1. The van der Waals surface area contributed by atoms with E-state index < -0.39 is 5.97 Å². The van der Waals surface area contributed by atoms with E-state index in [-0.39, 0.29) is 0 Å². The number of carbonyl (C=O) groups is 1. The van der Waals surface area contributed by atoms with Crippen molar-refractivity contribution < 1.29 is 9.53 Å². The van der Waals surface area contributed by atoms with Crippen LogP contribution in [0.2, 0.25) is 0 Å². The maximum absolute atomic E-state index is 11.9. The van der Waals surface area contributed by atoms with E-state index in [4.69, 9.17) is 10.6 Å². The highest BCUT2D eigenvalue weighted by atomic mass is 16.5. The average Bonchev–Trinajstić information content (AvgIpc) is 2.65. The van der Waals surface area contributed by atoms with Crippen molar-refractivity contribution in [2.24, 2.45) is 0 Å². The molecule has 94 valence electrons. The van der Waals surface area contributed by atoms with Crippen LogP contribution in [0.1, 0.15) is 23.0 Å². The summed E-state index contributed by atoms with van der Waals surface area (Å²) in [5.74, 6) is 5.43. The number of aromatic nitrogens is 1. The van der Waals surface area contributed by atoms with Crippen LogP contribution in [-0.2, 0) is 4.74 Å². The molecule has 0 saturated heterocycles. The molecule has 2 N–H and O–H groups in total. The fourth-order valence-corrected chi connectivity index (χ4v) is 2.03. The normalized spacial score (nSPS) is 10.3. The molecule has 4 heteroatoms. The van der Waals surface area contributed by atoms with Gasteiger partial charge in [-0.1, -0.05) is 30.3 Å². The van der Waals surface area contributed by atoms with Crippen LogP contribution < -0.4 is 5.84 Å². The van der Waals surface area contributed by atoms with Crippen LogP contribution >= 0.6 is 0 Å². The Morgan fingerprint density at radius 1 is 1.33 bits per heavy atom. The van der Waals surface area contributed by atoms with E-state index in [1.807, 2.05) is 37.3 Å². The van der Waals surface area contributed by atoms with Gasteiger partial charge in [-0.15, -0.1) is 0 Å². The Bertz CT molecular complexity index is 559. The Morgan fingerprint density at radius 3 is 2.61 bits per heavy atom. The lowest BCUT2D eigenvalue weighted by Crippen LogP contribution is -2.18. The molecule has 0 atom stereocenters. The van der Waals surface area contributed by atoms with E-state index >= 15 is 0 Å². The highest BCUT2D eigenvalue weighted by Gasteiger charge is 2.21. The first kappa shape index (κ1) is 12.2. The minimum atomic E-state index is -0.396. The van der Waals surface area contributed by atoms with E-state index in [0.717, 1.165) is 16.7 Å². The second-order valence-electron chi connectivity index (χ2n) is 4.03. The number of nitrogens with zero attached hydrogens (tertiary/aromatic N) is 1. The van der Waals surface area contributed by atoms with Crippen molar-refractivity contribution >= 4 is 5.97 Å². The van der Waals surface area contributed by atoms with Gasteiger partial charge in [-0.05, 0) is 25.0 Å². The van der Waals surface area contributed by atoms with Crippen molar-refractivity contribution in [1.29, 1.82) is 0 Å². The molecule has 2 aromatic rings. The van der Waals surface area contributed by atoms with Gasteiger partial charge in [-0.2, -0.15) is 0 Å². The molecule has 0 amide bonds. The van der Waals surface area contributed by atoms with Crippen molar-refractivity contribution in [1.82, 2.24) is 4.68 Å². The summed E-state index contributed by atoms with van der Waals surface area (Å²) in [6, 6.07) is 9.69. The molecule has 4 nitrogen and oxygen atoms in total. The van der Waals surface area contributed by atoms with Gasteiger partial charge in [0, 0.05) is 11.8 Å². The number of esters is 1. The Morgan fingerprint density at radius 2 is 2.00 bits per heavy atom. The molecule has 0 aliphatic carbocycles. The summed E-state index contributed by atoms with van der Waals surface area (Å²) in [4.78, 5) is 11.9. The van der Waals surface area contributed by atoms with Crippen LogP contribution in [0.3, 0.4) is 0 Å². The second-order valence-corrected chi connectivity index (χ2v) is 4.03. The molecule has 1 heterocycles. The van der Waals surface area contributed by atoms with Crippen LogP contribution in [0, 0.1) is 6.92 Å². The number of nitrogens with two attached hydrogens (primary N) is 1. The van der Waals surface area contributed by atoms with Gasteiger partial charge in [-0.25, -0.2) is 4.79 Å². The summed E-state index contributed by atoms with van der Waals surface area (Å²) in [7, 11) is 0. The molecule has 1 aromatic carbocycles. The fourth-order valence-electron chi connectivity index (χ4n) is 2.03. The van der Waals surface area contributed by atoms with Crippen LogP contribution in [0.4, 0.5) is 0 Å². The van der Waals surface area contributed by atoms with Gasteiger partial charge in [0.25, 0.3) is 0 Å². The number of benzene rings is 1. The van der Waals surface area contributed by atoms with E-state index in [2.05, 4.69) is 0 Å². The maximum Gasteiger partial charge on any atom is 0.357 e. The van der Waals surface area contributed by atoms with E-state index in [1.165, 1.54) is 4.68 Å². The molecular formula is C14H16N2O2. The zero-order valence-electron chi connectivity index (χ0n) is 10.5. The van der Waals surface area contributed by atoms with Crippen molar-refractivity contribution in [2.45, 2.75) is 13.8 Å². The predicted octanol–water partition coefficient (Wildman–Crippen LogP) is 2.35. The van der Waals surface area contributed by atoms with Crippen molar-refractivity contribution in [3.63, 3.8) is 0 Å². The quantitative estimate of drug-likeness (QED) is 0.666. The summed E-state index contributed by atoms with van der Waals surface area (Å²) in [6.45, 7) is 4.03. The first-order chi connectivity index (χ1) is 8.65. The monoisotopic (exact) mass is 244 g/mol. The molecule has 0 fully saturated rings. The van der Waals surface area contributed by atoms with Gasteiger partial charge in [-0.3, -0.25) is 4.68 Å². The van der Waals surface area contributed by atoms with Gasteiger partial charge in [0.1, 0.15) is 0 Å². The number of hydrogen-bond donors (Lipinski definition) is 1. The van der Waals surface area contributed by atoms with E-state index in [0.29, 0.717) is 12.3 Å². The minimum absolute atomic E-state index is 0.331. The third-order valence-electron chi connectivity index (χ3n) is 2.75. The molecule has 1 aromatic heterocycles. The first-order valence-corrected chi connectivity index (χ1v) is 5.84. The highest BCUT2D eigenvalue weighted by Crippen LogP contribution is 2.28. The topological polar surface area (TPSA) is 57.2 Å². The minimum Gasteiger partial charge on any atom is -0.461 e. The maximum atomic E-state index is 11.9. The molecule has 0 aliphatic rings. The lowest BCUT2D eigenvalue weighted by Gasteiger charge is -2.07. The molecular weight excluding hydrogens is 228 g/mol. The Balaban J connectivity index is 2.57. The Kier molecular flexibility index (Phi) is 3.37. The lowest BCUT2D eigenvalue weighted by atomic mass is 10.0. The first-order valence-electron chi connectivity index (χ1n) is 5.84. The van der Waals surface area contributed by atoms with Crippen LogP contribution in [-0.4, -0.2) is 17.3 Å². The molecule has 0 saturated carbocycles. The summed E-state index contributed by atoms with van der Waals surface area (Å²) in [5.41, 5.74) is 3.13. The number of ether oxygens (including phenoxy) is 1. The summed E-state index contributed by atoms with van der Waals surface area (Å²) in [5, 5.41) is 0. The van der Waals surface area contributed by atoms with Crippen molar-refractivity contribution in [3.8, 4) is 11.1 Å². The van der Waals surface area contributed by atoms with Crippen LogP contribution in [0.25, 0.3) is 11.1 Å². The molecule has 18 heavy (non-hydrogen) atoms. The zero-order valence-corrected chi connectivity index (χ0v) is 10.5. The Labute approximate surface area is 106 Å². The SMILES string of the molecule is CCOC(=O)c1c(-c2ccccc2)c(C)cn1N. The second kappa shape index (κ2) is 4.96. The van der Waals surface area contributed by atoms with Crippen LogP contribution in [0.5, 0.6) is 0 Å². The predicted molar refractivity (Wildman–Crippen MR) is 70.7 cm³/mol. The number of aryl methyl sites for hydroxylation is 1. The molecule has 2 rings (SSSR count). The van der Waals surface area contributed by atoms with Gasteiger partial charge in [0.05, 0.1) is 6.61 Å². The smallest absolute Gasteiger partial charge is 0.357 e. The molecule has 0 aliphatic heterocycles. The fraction of sp³-hybridized carbons (Fsp3) is 0.214. The lowest BCUT2D eigenvalue weighted by molar-refractivity contribution is 0.0517. The number of nitrogen functional groups attached to an aromatic ring is 1. The standard InChI is InChI=1S/C14H16N2O2/c1-3-18-14(17)13-12(10(2)9-16(13)15)11-7-5-4-6-8-11/h4-9H,3,15H2,1-2H3. The van der Waals surface area contributed by atoms with Gasteiger partial charge >= 0.3 is 5.97 Å². The molecule has 0 bridgehead atoms. The summed E-state index contributed by atoms with van der Waals surface area (Å²) in [6.07, 6.45) is 1.73. The van der Waals surface area contributed by atoms with Gasteiger partial charge in [0.15, 0.2) is 5.69 Å². The summed E-state index contributed by atoms with van der Waals surface area (Å²) < 4.78 is 6.37. The van der Waals surface area contributed by atoms with Gasteiger partial charge < -0.3 is 10.6 Å². The molecule has 0 radical (unpaired) electrons.